The molecule has 1 saturated heterocycles. The molecular weight excluding hydrogens is 224 g/mol. The summed E-state index contributed by atoms with van der Waals surface area (Å²) < 4.78 is 0. The summed E-state index contributed by atoms with van der Waals surface area (Å²) in [6.45, 7) is 4.95. The second-order valence-electron chi connectivity index (χ2n) is 4.98. The minimum absolute atomic E-state index is 0.287. The number of benzene rings is 1. The van der Waals surface area contributed by atoms with E-state index in [1.165, 1.54) is 5.56 Å². The first-order valence-corrected chi connectivity index (χ1v) is 6.81. The van der Waals surface area contributed by atoms with Gasteiger partial charge in [-0.15, -0.1) is 0 Å². The Balaban J connectivity index is 1.87. The van der Waals surface area contributed by atoms with E-state index in [9.17, 15) is 4.79 Å². The molecule has 0 aliphatic carbocycles. The maximum Gasteiger partial charge on any atom is 0.223 e. The third kappa shape index (κ3) is 3.57. The van der Waals surface area contributed by atoms with Gasteiger partial charge in [0.05, 0.1) is 0 Å². The summed E-state index contributed by atoms with van der Waals surface area (Å²) >= 11 is 0. The van der Waals surface area contributed by atoms with Gasteiger partial charge in [-0.05, 0) is 31.9 Å². The molecule has 1 fully saturated rings. The van der Waals surface area contributed by atoms with E-state index < -0.39 is 0 Å². The topological polar surface area (TPSA) is 32.3 Å². The van der Waals surface area contributed by atoms with Crippen LogP contribution in [0.2, 0.25) is 0 Å². The van der Waals surface area contributed by atoms with Gasteiger partial charge in [0.25, 0.3) is 0 Å². The molecule has 1 aliphatic heterocycles. The summed E-state index contributed by atoms with van der Waals surface area (Å²) in [5.41, 5.74) is 1.24. The molecule has 1 N–H and O–H groups in total. The van der Waals surface area contributed by atoms with Crippen molar-refractivity contribution in [3.05, 3.63) is 35.9 Å². The third-order valence-electron chi connectivity index (χ3n) is 3.52. The van der Waals surface area contributed by atoms with Crippen LogP contribution in [0.1, 0.15) is 25.3 Å². The first kappa shape index (κ1) is 13.1. The maximum atomic E-state index is 12.2. The van der Waals surface area contributed by atoms with Crippen LogP contribution < -0.4 is 5.32 Å². The molecule has 3 heteroatoms. The molecule has 3 nitrogen and oxygen atoms in total. The Labute approximate surface area is 109 Å². The van der Waals surface area contributed by atoms with Gasteiger partial charge in [-0.1, -0.05) is 30.3 Å². The molecule has 0 radical (unpaired) electrons. The maximum absolute atomic E-state index is 12.2. The van der Waals surface area contributed by atoms with E-state index in [1.54, 1.807) is 0 Å². The molecule has 1 aromatic rings. The molecule has 0 spiro atoms. The molecule has 1 amide bonds. The molecule has 1 aliphatic rings. The summed E-state index contributed by atoms with van der Waals surface area (Å²) in [6, 6.07) is 10.5. The van der Waals surface area contributed by atoms with Gasteiger partial charge in [0.2, 0.25) is 5.91 Å². The average Bonchev–Trinajstić information content (AvgIpc) is 2.62. The fraction of sp³-hybridized carbons (Fsp3) is 0.533. The molecule has 1 unspecified atom stereocenters. The number of hydrogen-bond acceptors (Lipinski definition) is 2. The van der Waals surface area contributed by atoms with Crippen LogP contribution in [0.3, 0.4) is 0 Å². The number of carbonyl (C=O) groups excluding carboxylic acids is 1. The molecule has 1 aromatic carbocycles. The minimum Gasteiger partial charge on any atom is -0.339 e. The van der Waals surface area contributed by atoms with Crippen molar-refractivity contribution in [3.63, 3.8) is 0 Å². The molecule has 98 valence electrons. The van der Waals surface area contributed by atoms with E-state index in [4.69, 9.17) is 0 Å². The standard InChI is InChI=1S/C15H22N2O/c1-13-12-16-10-5-11-17(13)15(18)9-8-14-6-3-2-4-7-14/h2-4,6-7,13,16H,5,8-12H2,1H3. The van der Waals surface area contributed by atoms with Crippen molar-refractivity contribution >= 4 is 5.91 Å². The first-order chi connectivity index (χ1) is 8.77. The number of hydrogen-bond donors (Lipinski definition) is 1. The zero-order valence-corrected chi connectivity index (χ0v) is 11.1. The van der Waals surface area contributed by atoms with Crippen LogP contribution >= 0.6 is 0 Å². The van der Waals surface area contributed by atoms with Gasteiger partial charge in [-0.2, -0.15) is 0 Å². The quantitative estimate of drug-likeness (QED) is 0.882. The Morgan fingerprint density at radius 1 is 1.39 bits per heavy atom. The summed E-state index contributed by atoms with van der Waals surface area (Å²) in [7, 11) is 0. The van der Waals surface area contributed by atoms with Crippen molar-refractivity contribution in [1.29, 1.82) is 0 Å². The van der Waals surface area contributed by atoms with E-state index >= 15 is 0 Å². The van der Waals surface area contributed by atoms with Gasteiger partial charge in [0.15, 0.2) is 0 Å². The highest BCUT2D eigenvalue weighted by molar-refractivity contribution is 5.76. The van der Waals surface area contributed by atoms with Crippen LogP contribution in [0.25, 0.3) is 0 Å². The van der Waals surface area contributed by atoms with E-state index in [0.717, 1.165) is 32.5 Å². The first-order valence-electron chi connectivity index (χ1n) is 6.81. The van der Waals surface area contributed by atoms with Crippen molar-refractivity contribution in [2.75, 3.05) is 19.6 Å². The summed E-state index contributed by atoms with van der Waals surface area (Å²) in [5, 5.41) is 3.36. The predicted molar refractivity (Wildman–Crippen MR) is 73.4 cm³/mol. The van der Waals surface area contributed by atoms with Crippen LogP contribution in [0.5, 0.6) is 0 Å². The molecular formula is C15H22N2O. The lowest BCUT2D eigenvalue weighted by atomic mass is 10.1. The van der Waals surface area contributed by atoms with Crippen LogP contribution in [0.15, 0.2) is 30.3 Å². The zero-order valence-electron chi connectivity index (χ0n) is 11.1. The summed E-state index contributed by atoms with van der Waals surface area (Å²) in [6.07, 6.45) is 2.52. The lowest BCUT2D eigenvalue weighted by Gasteiger charge is -2.27. The Hall–Kier alpha value is -1.35. The van der Waals surface area contributed by atoms with Gasteiger partial charge >= 0.3 is 0 Å². The van der Waals surface area contributed by atoms with Gasteiger partial charge in [-0.3, -0.25) is 4.79 Å². The smallest absolute Gasteiger partial charge is 0.223 e. The van der Waals surface area contributed by atoms with Gasteiger partial charge < -0.3 is 10.2 Å². The van der Waals surface area contributed by atoms with Gasteiger partial charge in [0.1, 0.15) is 0 Å². The fourth-order valence-electron chi connectivity index (χ4n) is 2.43. The average molecular weight is 246 g/mol. The predicted octanol–water partition coefficient (Wildman–Crippen LogP) is 1.83. The van der Waals surface area contributed by atoms with E-state index in [-0.39, 0.29) is 5.91 Å². The van der Waals surface area contributed by atoms with Gasteiger partial charge in [-0.25, -0.2) is 0 Å². The molecule has 0 aromatic heterocycles. The third-order valence-corrected chi connectivity index (χ3v) is 3.52. The Morgan fingerprint density at radius 3 is 2.94 bits per heavy atom. The van der Waals surface area contributed by atoms with E-state index in [1.807, 2.05) is 23.1 Å². The number of carbonyl (C=O) groups is 1. The minimum atomic E-state index is 0.287. The van der Waals surface area contributed by atoms with E-state index in [0.29, 0.717) is 12.5 Å². The van der Waals surface area contributed by atoms with Gasteiger partial charge in [0, 0.05) is 25.6 Å². The van der Waals surface area contributed by atoms with Crippen LogP contribution in [-0.2, 0) is 11.2 Å². The highest BCUT2D eigenvalue weighted by Gasteiger charge is 2.21. The van der Waals surface area contributed by atoms with Crippen molar-refractivity contribution in [2.24, 2.45) is 0 Å². The molecule has 0 bridgehead atoms. The molecule has 1 heterocycles. The number of aryl methyl sites for hydroxylation is 1. The highest BCUT2D eigenvalue weighted by Crippen LogP contribution is 2.09. The van der Waals surface area contributed by atoms with Crippen LogP contribution in [-0.4, -0.2) is 36.5 Å². The lowest BCUT2D eigenvalue weighted by Crippen LogP contribution is -2.41. The second kappa shape index (κ2) is 6.55. The number of amides is 1. The Morgan fingerprint density at radius 2 is 2.17 bits per heavy atom. The Bertz CT molecular complexity index is 377. The molecule has 0 saturated carbocycles. The monoisotopic (exact) mass is 246 g/mol. The SMILES string of the molecule is CC1CNCCCN1C(=O)CCc1ccccc1. The van der Waals surface area contributed by atoms with Crippen molar-refractivity contribution in [2.45, 2.75) is 32.2 Å². The largest absolute Gasteiger partial charge is 0.339 e. The summed E-state index contributed by atoms with van der Waals surface area (Å²) in [5.74, 6) is 0.287. The lowest BCUT2D eigenvalue weighted by molar-refractivity contribution is -0.132. The molecule has 1 atom stereocenters. The second-order valence-corrected chi connectivity index (χ2v) is 4.98. The highest BCUT2D eigenvalue weighted by atomic mass is 16.2. The summed E-state index contributed by atoms with van der Waals surface area (Å²) in [4.78, 5) is 14.3. The molecule has 2 rings (SSSR count). The van der Waals surface area contributed by atoms with Crippen LogP contribution in [0.4, 0.5) is 0 Å². The van der Waals surface area contributed by atoms with Crippen molar-refractivity contribution in [3.8, 4) is 0 Å². The Kier molecular flexibility index (Phi) is 4.76. The van der Waals surface area contributed by atoms with Crippen LogP contribution in [0, 0.1) is 0 Å². The molecule has 18 heavy (non-hydrogen) atoms. The number of rotatable bonds is 3. The zero-order chi connectivity index (χ0) is 12.8. The normalized spacial score (nSPS) is 20.5. The fourth-order valence-corrected chi connectivity index (χ4v) is 2.43. The van der Waals surface area contributed by atoms with Crippen molar-refractivity contribution in [1.82, 2.24) is 10.2 Å². The van der Waals surface area contributed by atoms with E-state index in [2.05, 4.69) is 24.4 Å². The number of nitrogens with zero attached hydrogens (tertiary/aromatic N) is 1. The number of nitrogens with one attached hydrogen (secondary N) is 1. The van der Waals surface area contributed by atoms with Crippen molar-refractivity contribution < 1.29 is 4.79 Å².